The van der Waals surface area contributed by atoms with Crippen LogP contribution in [-0.4, -0.2) is 0 Å². The van der Waals surface area contributed by atoms with Crippen molar-refractivity contribution < 1.29 is 0 Å². The van der Waals surface area contributed by atoms with Gasteiger partial charge in [0.15, 0.2) is 0 Å². The molecule has 1 aromatic heterocycles. The van der Waals surface area contributed by atoms with Crippen LogP contribution in [0.2, 0.25) is 0 Å². The number of rotatable bonds is 4. The fraction of sp³-hybridized carbons (Fsp3) is 0.0769. The maximum atomic E-state index is 2.58. The van der Waals surface area contributed by atoms with Gasteiger partial charge in [0, 0.05) is 32.6 Å². The van der Waals surface area contributed by atoms with Gasteiger partial charge in [-0.05, 0) is 127 Å². The van der Waals surface area contributed by atoms with E-state index in [0.717, 1.165) is 25.7 Å². The zero-order valence-corrected chi connectivity index (χ0v) is 30.6. The Bertz CT molecular complexity index is 3050. The van der Waals surface area contributed by atoms with E-state index < -0.39 is 0 Å². The number of allylic oxidation sites excluding steroid dienone is 1. The predicted molar refractivity (Wildman–Crippen MR) is 230 cm³/mol. The van der Waals surface area contributed by atoms with Crippen LogP contribution in [0, 0.1) is 0 Å². The van der Waals surface area contributed by atoms with Gasteiger partial charge in [-0.2, -0.15) is 0 Å². The molecule has 3 aliphatic rings. The first kappa shape index (κ1) is 30.3. The molecular formula is C52H35NS. The third-order valence-corrected chi connectivity index (χ3v) is 13.5. The second-order valence-electron chi connectivity index (χ2n) is 15.1. The van der Waals surface area contributed by atoms with E-state index in [1.807, 2.05) is 11.3 Å². The highest BCUT2D eigenvalue weighted by atomic mass is 32.1. The van der Waals surface area contributed by atoms with Crippen molar-refractivity contribution in [2.75, 3.05) is 4.90 Å². The first-order chi connectivity index (χ1) is 26.8. The van der Waals surface area contributed by atoms with Crippen molar-refractivity contribution in [1.29, 1.82) is 0 Å². The van der Waals surface area contributed by atoms with Crippen LogP contribution in [-0.2, 0) is 19.3 Å². The minimum absolute atomic E-state index is 0.931. The fourth-order valence-corrected chi connectivity index (χ4v) is 11.0. The molecule has 3 aliphatic carbocycles. The summed E-state index contributed by atoms with van der Waals surface area (Å²) in [4.78, 5) is 4.10. The second-order valence-corrected chi connectivity index (χ2v) is 16.2. The molecule has 1 nitrogen and oxygen atoms in total. The summed E-state index contributed by atoms with van der Waals surface area (Å²) in [7, 11) is 0. The minimum Gasteiger partial charge on any atom is -0.310 e. The summed E-state index contributed by atoms with van der Waals surface area (Å²) in [6.45, 7) is 0. The molecule has 0 unspecified atom stereocenters. The van der Waals surface area contributed by atoms with E-state index in [2.05, 4.69) is 169 Å². The van der Waals surface area contributed by atoms with E-state index in [1.165, 1.54) is 109 Å². The molecule has 0 atom stereocenters. The number of hydrogen-bond donors (Lipinski definition) is 0. The Balaban J connectivity index is 1.08. The van der Waals surface area contributed by atoms with Crippen LogP contribution < -0.4 is 4.90 Å². The van der Waals surface area contributed by atoms with Gasteiger partial charge in [0.1, 0.15) is 0 Å². The lowest BCUT2D eigenvalue weighted by Gasteiger charge is -2.29. The molecule has 0 saturated heterocycles. The molecule has 9 aromatic rings. The number of nitrogens with zero attached hydrogens (tertiary/aromatic N) is 1. The Morgan fingerprint density at radius 2 is 1.22 bits per heavy atom. The number of aryl methyl sites for hydroxylation is 1. The van der Waals surface area contributed by atoms with Crippen molar-refractivity contribution in [3.05, 3.63) is 202 Å². The molecule has 8 aromatic carbocycles. The number of anilines is 3. The van der Waals surface area contributed by atoms with Gasteiger partial charge in [0.25, 0.3) is 0 Å². The van der Waals surface area contributed by atoms with Crippen molar-refractivity contribution in [1.82, 2.24) is 0 Å². The molecule has 254 valence electrons. The SMILES string of the molecule is c1ccc2c(c1)Cc1c-2cccc1N(c1ccc(-c2ccc3ccccc3c2)cc1)c1cccc2sc3c(c12)C1=C(CC3)Cc2c1ccc1ccccc21. The third-order valence-electron chi connectivity index (χ3n) is 12.2. The van der Waals surface area contributed by atoms with Gasteiger partial charge < -0.3 is 4.90 Å². The first-order valence-corrected chi connectivity index (χ1v) is 20.0. The monoisotopic (exact) mass is 705 g/mol. The summed E-state index contributed by atoms with van der Waals surface area (Å²) < 4.78 is 1.37. The van der Waals surface area contributed by atoms with Crippen molar-refractivity contribution in [2.45, 2.75) is 25.7 Å². The molecule has 0 aliphatic heterocycles. The van der Waals surface area contributed by atoms with Crippen molar-refractivity contribution in [3.63, 3.8) is 0 Å². The van der Waals surface area contributed by atoms with Crippen molar-refractivity contribution >= 4 is 65.6 Å². The first-order valence-electron chi connectivity index (χ1n) is 19.1. The van der Waals surface area contributed by atoms with Crippen LogP contribution in [0.5, 0.6) is 0 Å². The topological polar surface area (TPSA) is 3.24 Å². The van der Waals surface area contributed by atoms with Gasteiger partial charge in [-0.15, -0.1) is 11.3 Å². The molecule has 0 N–H and O–H groups in total. The Kier molecular flexibility index (Phi) is 6.52. The van der Waals surface area contributed by atoms with Crippen molar-refractivity contribution in [2.24, 2.45) is 0 Å². The maximum absolute atomic E-state index is 2.58. The van der Waals surface area contributed by atoms with Crippen LogP contribution in [0.3, 0.4) is 0 Å². The fourth-order valence-electron chi connectivity index (χ4n) is 9.78. The molecule has 0 spiro atoms. The molecule has 2 heteroatoms. The molecule has 0 saturated carbocycles. The predicted octanol–water partition coefficient (Wildman–Crippen LogP) is 14.2. The minimum atomic E-state index is 0.931. The molecule has 12 rings (SSSR count). The maximum Gasteiger partial charge on any atom is 0.0555 e. The number of fused-ring (bicyclic) bond motifs is 12. The molecule has 0 amide bonds. The van der Waals surface area contributed by atoms with Crippen molar-refractivity contribution in [3.8, 4) is 22.3 Å². The van der Waals surface area contributed by atoms with Gasteiger partial charge in [-0.3, -0.25) is 0 Å². The number of hydrogen-bond acceptors (Lipinski definition) is 2. The summed E-state index contributed by atoms with van der Waals surface area (Å²) in [5.41, 5.74) is 19.2. The highest BCUT2D eigenvalue weighted by molar-refractivity contribution is 7.19. The number of thiophene rings is 1. The van der Waals surface area contributed by atoms with E-state index in [4.69, 9.17) is 0 Å². The zero-order chi connectivity index (χ0) is 35.3. The average Bonchev–Trinajstić information content (AvgIpc) is 3.93. The Labute approximate surface area is 319 Å². The lowest BCUT2D eigenvalue weighted by Crippen LogP contribution is -2.13. The third kappa shape index (κ3) is 4.44. The van der Waals surface area contributed by atoms with Crippen LogP contribution >= 0.6 is 11.3 Å². The van der Waals surface area contributed by atoms with E-state index in [9.17, 15) is 0 Å². The van der Waals surface area contributed by atoms with Crippen LogP contribution in [0.1, 0.15) is 39.1 Å². The Morgan fingerprint density at radius 1 is 0.481 bits per heavy atom. The zero-order valence-electron chi connectivity index (χ0n) is 29.8. The molecule has 54 heavy (non-hydrogen) atoms. The Morgan fingerprint density at radius 3 is 2.15 bits per heavy atom. The molecule has 0 radical (unpaired) electrons. The summed E-state index contributed by atoms with van der Waals surface area (Å²) in [6.07, 6.45) is 4.23. The van der Waals surface area contributed by atoms with E-state index in [1.54, 1.807) is 5.57 Å². The lowest BCUT2D eigenvalue weighted by atomic mass is 9.87. The molecular weight excluding hydrogens is 671 g/mol. The second kappa shape index (κ2) is 11.6. The smallest absolute Gasteiger partial charge is 0.0555 e. The number of benzene rings is 8. The summed E-state index contributed by atoms with van der Waals surface area (Å²) in [5.74, 6) is 0. The Hall–Kier alpha value is -6.22. The van der Waals surface area contributed by atoms with Gasteiger partial charge in [0.05, 0.1) is 11.4 Å². The normalized spacial score (nSPS) is 13.9. The summed E-state index contributed by atoms with van der Waals surface area (Å²) in [6, 6.07) is 61.3. The highest BCUT2D eigenvalue weighted by Crippen LogP contribution is 2.54. The highest BCUT2D eigenvalue weighted by Gasteiger charge is 2.34. The standard InChI is InChI=1S/C52H35NS/c1-2-11-35-29-36(20-19-32(35)9-1)33-21-25-39(26-22-33)53(46-16-7-15-42-41-14-6-4-12-37(41)30-45(42)46)47-17-8-18-48-51(47)52-49(54-48)28-24-38-31-44-40-13-5-3-10-34(40)23-27-43(44)50(38)52/h1-23,25-27,29H,24,28,30-31H2. The summed E-state index contributed by atoms with van der Waals surface area (Å²) in [5, 5.41) is 6.66. The lowest BCUT2D eigenvalue weighted by molar-refractivity contribution is 0.916. The summed E-state index contributed by atoms with van der Waals surface area (Å²) >= 11 is 2.00. The van der Waals surface area contributed by atoms with Gasteiger partial charge in [-0.1, -0.05) is 133 Å². The van der Waals surface area contributed by atoms with Gasteiger partial charge in [-0.25, -0.2) is 0 Å². The van der Waals surface area contributed by atoms with Gasteiger partial charge in [0.2, 0.25) is 0 Å². The van der Waals surface area contributed by atoms with E-state index in [0.29, 0.717) is 0 Å². The largest absolute Gasteiger partial charge is 0.310 e. The molecule has 0 fully saturated rings. The van der Waals surface area contributed by atoms with Gasteiger partial charge >= 0.3 is 0 Å². The van der Waals surface area contributed by atoms with Crippen LogP contribution in [0.25, 0.3) is 59.5 Å². The van der Waals surface area contributed by atoms with Crippen LogP contribution in [0.15, 0.2) is 169 Å². The van der Waals surface area contributed by atoms with Crippen LogP contribution in [0.4, 0.5) is 17.1 Å². The molecule has 1 heterocycles. The van der Waals surface area contributed by atoms with E-state index >= 15 is 0 Å². The quantitative estimate of drug-likeness (QED) is 0.176. The van der Waals surface area contributed by atoms with E-state index in [-0.39, 0.29) is 0 Å². The molecule has 0 bridgehead atoms. The average molecular weight is 706 g/mol.